The predicted molar refractivity (Wildman–Crippen MR) is 92.0 cm³/mol. The molecule has 2 aliphatic rings. The van der Waals surface area contributed by atoms with Gasteiger partial charge in [0, 0.05) is 11.1 Å². The minimum atomic E-state index is -1.45. The number of carbonyl (C=O) groups is 1. The Labute approximate surface area is 146 Å². The second-order valence-electron chi connectivity index (χ2n) is 6.60. The number of rotatable bonds is 3. The van der Waals surface area contributed by atoms with Crippen LogP contribution in [0.3, 0.4) is 0 Å². The molecule has 25 heavy (non-hydrogen) atoms. The summed E-state index contributed by atoms with van der Waals surface area (Å²) in [6.07, 6.45) is -0.0956. The molecule has 0 radical (unpaired) electrons. The van der Waals surface area contributed by atoms with Crippen molar-refractivity contribution in [3.8, 4) is 22.6 Å². The van der Waals surface area contributed by atoms with Crippen LogP contribution in [0.25, 0.3) is 11.1 Å². The first kappa shape index (κ1) is 16.1. The third kappa shape index (κ3) is 2.12. The molecule has 1 saturated heterocycles. The van der Waals surface area contributed by atoms with Crippen molar-refractivity contribution in [3.05, 3.63) is 47.0 Å². The van der Waals surface area contributed by atoms with Gasteiger partial charge in [-0.15, -0.1) is 0 Å². The number of benzene rings is 2. The highest BCUT2D eigenvalue weighted by Gasteiger charge is 2.60. The van der Waals surface area contributed by atoms with Gasteiger partial charge in [0.2, 0.25) is 5.78 Å². The molecular weight excluding hydrogens is 320 g/mol. The van der Waals surface area contributed by atoms with Gasteiger partial charge >= 0.3 is 0 Å². The van der Waals surface area contributed by atoms with E-state index in [0.29, 0.717) is 41.2 Å². The Hall–Kier alpha value is -2.37. The van der Waals surface area contributed by atoms with E-state index < -0.39 is 5.79 Å². The molecular formula is C20H20O5. The van der Waals surface area contributed by atoms with Crippen LogP contribution >= 0.6 is 0 Å². The van der Waals surface area contributed by atoms with E-state index >= 15 is 0 Å². The molecule has 0 saturated carbocycles. The zero-order chi connectivity index (χ0) is 17.8. The van der Waals surface area contributed by atoms with Crippen molar-refractivity contribution in [2.45, 2.75) is 32.7 Å². The Morgan fingerprint density at radius 2 is 1.76 bits per heavy atom. The number of fused-ring (bicyclic) bond motifs is 2. The van der Waals surface area contributed by atoms with Crippen molar-refractivity contribution in [1.29, 1.82) is 0 Å². The standard InChI is InChI=1S/C20H20O5/c1-11(2)25-18-12(3)14-16(20(19(14)22)23-9-10-24-20)17(21)15(18)13-7-5-4-6-8-13/h4-8,11,21H,9-10H2,1-3H3. The zero-order valence-corrected chi connectivity index (χ0v) is 14.5. The molecule has 130 valence electrons. The summed E-state index contributed by atoms with van der Waals surface area (Å²) >= 11 is 0. The van der Waals surface area contributed by atoms with Crippen molar-refractivity contribution in [3.63, 3.8) is 0 Å². The molecule has 0 bridgehead atoms. The molecule has 1 N–H and O–H groups in total. The molecule has 1 aliphatic heterocycles. The normalized spacial score (nSPS) is 17.7. The van der Waals surface area contributed by atoms with Gasteiger partial charge < -0.3 is 19.3 Å². The molecule has 1 fully saturated rings. The number of ether oxygens (including phenoxy) is 3. The molecule has 0 aromatic heterocycles. The highest BCUT2D eigenvalue weighted by atomic mass is 16.7. The second-order valence-corrected chi connectivity index (χ2v) is 6.60. The Morgan fingerprint density at radius 3 is 2.36 bits per heavy atom. The maximum atomic E-state index is 12.7. The fourth-order valence-corrected chi connectivity index (χ4v) is 3.60. The number of aromatic hydroxyl groups is 1. The van der Waals surface area contributed by atoms with Crippen LogP contribution in [-0.4, -0.2) is 30.2 Å². The maximum absolute atomic E-state index is 12.7. The number of phenolic OH excluding ortho intramolecular Hbond substituents is 1. The van der Waals surface area contributed by atoms with Crippen molar-refractivity contribution < 1.29 is 24.1 Å². The van der Waals surface area contributed by atoms with Crippen LogP contribution in [0.5, 0.6) is 11.5 Å². The molecule has 0 amide bonds. The number of carbonyl (C=O) groups excluding carboxylic acids is 1. The minimum absolute atomic E-state index is 0.0102. The van der Waals surface area contributed by atoms with Crippen LogP contribution in [0.2, 0.25) is 0 Å². The van der Waals surface area contributed by atoms with Crippen LogP contribution in [0.4, 0.5) is 0 Å². The third-order valence-corrected chi connectivity index (χ3v) is 4.63. The minimum Gasteiger partial charge on any atom is -0.507 e. The quantitative estimate of drug-likeness (QED) is 0.926. The average Bonchev–Trinajstić information content (AvgIpc) is 3.10. The van der Waals surface area contributed by atoms with E-state index in [9.17, 15) is 9.90 Å². The number of ketones is 1. The maximum Gasteiger partial charge on any atom is 0.265 e. The van der Waals surface area contributed by atoms with Crippen LogP contribution in [0.1, 0.15) is 35.3 Å². The van der Waals surface area contributed by atoms with Gasteiger partial charge in [0.05, 0.1) is 30.4 Å². The van der Waals surface area contributed by atoms with Crippen molar-refractivity contribution >= 4 is 5.78 Å². The lowest BCUT2D eigenvalue weighted by atomic mass is 9.74. The molecule has 0 atom stereocenters. The Balaban J connectivity index is 2.02. The summed E-state index contributed by atoms with van der Waals surface area (Å²) in [6.45, 7) is 6.32. The predicted octanol–water partition coefficient (Wildman–Crippen LogP) is 3.55. The zero-order valence-electron chi connectivity index (χ0n) is 14.5. The van der Waals surface area contributed by atoms with E-state index in [1.54, 1.807) is 0 Å². The van der Waals surface area contributed by atoms with Crippen LogP contribution in [-0.2, 0) is 15.3 Å². The molecule has 2 aromatic carbocycles. The van der Waals surface area contributed by atoms with Gasteiger partial charge in [0.1, 0.15) is 11.5 Å². The van der Waals surface area contributed by atoms with Crippen LogP contribution in [0, 0.1) is 6.92 Å². The lowest BCUT2D eigenvalue weighted by Gasteiger charge is -2.39. The number of hydrogen-bond donors (Lipinski definition) is 1. The summed E-state index contributed by atoms with van der Waals surface area (Å²) in [7, 11) is 0. The largest absolute Gasteiger partial charge is 0.507 e. The van der Waals surface area contributed by atoms with Gasteiger partial charge in [-0.2, -0.15) is 0 Å². The average molecular weight is 340 g/mol. The second kappa shape index (κ2) is 5.58. The summed E-state index contributed by atoms with van der Waals surface area (Å²) in [6, 6.07) is 9.50. The summed E-state index contributed by atoms with van der Waals surface area (Å²) in [5.41, 5.74) is 2.94. The number of phenols is 1. The van der Waals surface area contributed by atoms with Gasteiger partial charge in [0.15, 0.2) is 0 Å². The van der Waals surface area contributed by atoms with Crippen LogP contribution < -0.4 is 4.74 Å². The number of hydrogen-bond acceptors (Lipinski definition) is 5. The SMILES string of the molecule is Cc1c(OC(C)C)c(-c2ccccc2)c(O)c2c1C(=O)C21OCCO1. The van der Waals surface area contributed by atoms with Crippen molar-refractivity contribution in [2.24, 2.45) is 0 Å². The molecule has 5 nitrogen and oxygen atoms in total. The van der Waals surface area contributed by atoms with Gasteiger partial charge in [0.25, 0.3) is 5.79 Å². The van der Waals surface area contributed by atoms with Crippen molar-refractivity contribution in [1.82, 2.24) is 0 Å². The van der Waals surface area contributed by atoms with Gasteiger partial charge in [-0.25, -0.2) is 0 Å². The molecule has 4 rings (SSSR count). The van der Waals surface area contributed by atoms with E-state index in [1.165, 1.54) is 0 Å². The van der Waals surface area contributed by atoms with Gasteiger partial charge in [-0.1, -0.05) is 30.3 Å². The lowest BCUT2D eigenvalue weighted by molar-refractivity contribution is -0.138. The Morgan fingerprint density at radius 1 is 1.12 bits per heavy atom. The summed E-state index contributed by atoms with van der Waals surface area (Å²) in [4.78, 5) is 12.7. The van der Waals surface area contributed by atoms with E-state index in [2.05, 4.69) is 0 Å². The topological polar surface area (TPSA) is 65.0 Å². The summed E-state index contributed by atoms with van der Waals surface area (Å²) < 4.78 is 17.2. The summed E-state index contributed by atoms with van der Waals surface area (Å²) in [5, 5.41) is 11.1. The molecule has 1 aliphatic carbocycles. The van der Waals surface area contributed by atoms with Gasteiger partial charge in [-0.05, 0) is 26.3 Å². The molecule has 1 heterocycles. The fourth-order valence-electron chi connectivity index (χ4n) is 3.60. The van der Waals surface area contributed by atoms with Crippen molar-refractivity contribution in [2.75, 3.05) is 13.2 Å². The van der Waals surface area contributed by atoms with E-state index in [-0.39, 0.29) is 17.6 Å². The highest BCUT2D eigenvalue weighted by Crippen LogP contribution is 2.57. The Bertz CT molecular complexity index is 848. The number of Topliss-reactive ketones (excluding diaryl/α,β-unsaturated/α-hetero) is 1. The summed E-state index contributed by atoms with van der Waals surface area (Å²) in [5.74, 6) is -1.19. The third-order valence-electron chi connectivity index (χ3n) is 4.63. The first-order valence-corrected chi connectivity index (χ1v) is 8.42. The molecule has 5 heteroatoms. The van der Waals surface area contributed by atoms with E-state index in [1.807, 2.05) is 51.1 Å². The first-order chi connectivity index (χ1) is 12.0. The molecule has 2 aromatic rings. The smallest absolute Gasteiger partial charge is 0.265 e. The monoisotopic (exact) mass is 340 g/mol. The molecule has 0 unspecified atom stereocenters. The first-order valence-electron chi connectivity index (χ1n) is 8.42. The van der Waals surface area contributed by atoms with Crippen LogP contribution in [0.15, 0.2) is 30.3 Å². The highest BCUT2D eigenvalue weighted by molar-refractivity contribution is 6.15. The molecule has 1 spiro atoms. The van der Waals surface area contributed by atoms with Gasteiger partial charge in [-0.3, -0.25) is 4.79 Å². The Kier molecular flexibility index (Phi) is 3.60. The fraction of sp³-hybridized carbons (Fsp3) is 0.350. The van der Waals surface area contributed by atoms with E-state index in [4.69, 9.17) is 14.2 Å². The van der Waals surface area contributed by atoms with E-state index in [0.717, 1.165) is 5.56 Å². The lowest BCUT2D eigenvalue weighted by Crippen LogP contribution is -2.48.